The van der Waals surface area contributed by atoms with Crippen LogP contribution in [0.1, 0.15) is 41.6 Å². The van der Waals surface area contributed by atoms with Crippen LogP contribution in [0.25, 0.3) is 0 Å². The van der Waals surface area contributed by atoms with Gasteiger partial charge in [-0.3, -0.25) is 4.79 Å². The zero-order valence-corrected chi connectivity index (χ0v) is 15.0. The highest BCUT2D eigenvalue weighted by molar-refractivity contribution is 5.98. The van der Waals surface area contributed by atoms with Crippen molar-refractivity contribution in [2.45, 2.75) is 32.2 Å². The summed E-state index contributed by atoms with van der Waals surface area (Å²) in [5.41, 5.74) is 1.73. The lowest BCUT2D eigenvalue weighted by molar-refractivity contribution is 0.0951. The molecule has 6 nitrogen and oxygen atoms in total. The lowest BCUT2D eigenvalue weighted by atomic mass is 10.2. The first-order chi connectivity index (χ1) is 12.8. The lowest BCUT2D eigenvalue weighted by Gasteiger charge is -2.19. The molecule has 0 radical (unpaired) electrons. The number of hydrogen-bond acceptors (Lipinski definition) is 5. The van der Waals surface area contributed by atoms with Crippen LogP contribution < -0.4 is 15.1 Å². The number of rotatable bonds is 5. The van der Waals surface area contributed by atoms with Crippen LogP contribution in [0.3, 0.4) is 0 Å². The van der Waals surface area contributed by atoms with Crippen LogP contribution in [0.5, 0.6) is 0 Å². The molecule has 2 aliphatic rings. The van der Waals surface area contributed by atoms with Gasteiger partial charge in [-0.2, -0.15) is 0 Å². The Bertz CT molecular complexity index is 766. The van der Waals surface area contributed by atoms with Gasteiger partial charge < -0.3 is 15.1 Å². The van der Waals surface area contributed by atoms with Gasteiger partial charge in [0.05, 0.1) is 5.56 Å². The van der Waals surface area contributed by atoms with E-state index in [1.165, 1.54) is 12.8 Å². The monoisotopic (exact) mass is 351 g/mol. The molecule has 0 spiro atoms. The molecule has 0 atom stereocenters. The standard InChI is InChI=1S/C20H25N5O/c26-20(17-6-5-8-22-19(17)25-12-3-4-13-25)23-15-16-7-9-21-18(14-16)24-10-1-2-11-24/h5-9,14H,1-4,10-13,15H2,(H,23,26). The molecule has 0 aliphatic carbocycles. The van der Waals surface area contributed by atoms with Crippen molar-refractivity contribution in [3.63, 3.8) is 0 Å². The molecule has 4 heterocycles. The minimum Gasteiger partial charge on any atom is -0.357 e. The van der Waals surface area contributed by atoms with Crippen molar-refractivity contribution in [1.29, 1.82) is 0 Å². The number of aromatic nitrogens is 2. The predicted molar refractivity (Wildman–Crippen MR) is 103 cm³/mol. The summed E-state index contributed by atoms with van der Waals surface area (Å²) in [7, 11) is 0. The molecule has 2 aromatic heterocycles. The largest absolute Gasteiger partial charge is 0.357 e. The first-order valence-corrected chi connectivity index (χ1v) is 9.49. The molecule has 2 aromatic rings. The zero-order valence-electron chi connectivity index (χ0n) is 15.0. The Hall–Kier alpha value is -2.63. The molecule has 2 aliphatic heterocycles. The van der Waals surface area contributed by atoms with Gasteiger partial charge in [-0.15, -0.1) is 0 Å². The van der Waals surface area contributed by atoms with E-state index in [9.17, 15) is 4.79 Å². The third-order valence-electron chi connectivity index (χ3n) is 5.13. The minimum absolute atomic E-state index is 0.0699. The second kappa shape index (κ2) is 7.72. The number of nitrogens with zero attached hydrogens (tertiary/aromatic N) is 4. The van der Waals surface area contributed by atoms with Gasteiger partial charge in [-0.25, -0.2) is 9.97 Å². The summed E-state index contributed by atoms with van der Waals surface area (Å²) in [4.78, 5) is 26.2. The van der Waals surface area contributed by atoms with Crippen LogP contribution in [-0.2, 0) is 6.54 Å². The number of nitrogens with one attached hydrogen (secondary N) is 1. The van der Waals surface area contributed by atoms with Gasteiger partial charge in [-0.1, -0.05) is 0 Å². The summed E-state index contributed by atoms with van der Waals surface area (Å²) in [6.07, 6.45) is 8.36. The molecular formula is C20H25N5O. The molecule has 0 bridgehead atoms. The van der Waals surface area contributed by atoms with E-state index in [4.69, 9.17) is 0 Å². The number of anilines is 2. The second-order valence-electron chi connectivity index (χ2n) is 6.97. The predicted octanol–water partition coefficient (Wildman–Crippen LogP) is 2.61. The van der Waals surface area contributed by atoms with Gasteiger partial charge in [0.1, 0.15) is 11.6 Å². The van der Waals surface area contributed by atoms with Crippen LogP contribution in [0.4, 0.5) is 11.6 Å². The normalized spacial score (nSPS) is 16.9. The van der Waals surface area contributed by atoms with Crippen molar-refractivity contribution in [1.82, 2.24) is 15.3 Å². The summed E-state index contributed by atoms with van der Waals surface area (Å²) < 4.78 is 0. The Kier molecular flexibility index (Phi) is 5.00. The second-order valence-corrected chi connectivity index (χ2v) is 6.97. The van der Waals surface area contributed by atoms with Crippen LogP contribution in [0, 0.1) is 0 Å². The molecule has 0 aromatic carbocycles. The van der Waals surface area contributed by atoms with Crippen LogP contribution in [-0.4, -0.2) is 42.1 Å². The van der Waals surface area contributed by atoms with E-state index in [0.29, 0.717) is 12.1 Å². The highest BCUT2D eigenvalue weighted by atomic mass is 16.1. The molecule has 26 heavy (non-hydrogen) atoms. The van der Waals surface area contributed by atoms with Gasteiger partial charge >= 0.3 is 0 Å². The van der Waals surface area contributed by atoms with Gasteiger partial charge in [0.25, 0.3) is 5.91 Å². The fraction of sp³-hybridized carbons (Fsp3) is 0.450. The molecule has 2 saturated heterocycles. The maximum Gasteiger partial charge on any atom is 0.255 e. The topological polar surface area (TPSA) is 61.4 Å². The van der Waals surface area contributed by atoms with Crippen molar-refractivity contribution < 1.29 is 4.79 Å². The van der Waals surface area contributed by atoms with Crippen LogP contribution in [0.2, 0.25) is 0 Å². The van der Waals surface area contributed by atoms with Gasteiger partial charge in [0, 0.05) is 45.1 Å². The number of carbonyl (C=O) groups excluding carboxylic acids is 1. The lowest BCUT2D eigenvalue weighted by Crippen LogP contribution is -2.28. The number of carbonyl (C=O) groups is 1. The summed E-state index contributed by atoms with van der Waals surface area (Å²) in [5.74, 6) is 1.74. The molecule has 2 fully saturated rings. The van der Waals surface area contributed by atoms with Crippen LogP contribution >= 0.6 is 0 Å². The van der Waals surface area contributed by atoms with Crippen molar-refractivity contribution in [2.24, 2.45) is 0 Å². The third kappa shape index (κ3) is 3.64. The smallest absolute Gasteiger partial charge is 0.255 e. The first-order valence-electron chi connectivity index (χ1n) is 9.49. The van der Waals surface area contributed by atoms with Crippen molar-refractivity contribution in [2.75, 3.05) is 36.0 Å². The average Bonchev–Trinajstić information content (AvgIpc) is 3.40. The summed E-state index contributed by atoms with van der Waals surface area (Å²) in [5, 5.41) is 3.05. The Morgan fingerprint density at radius 2 is 1.69 bits per heavy atom. The maximum atomic E-state index is 12.7. The van der Waals surface area contributed by atoms with E-state index < -0.39 is 0 Å². The molecule has 0 unspecified atom stereocenters. The molecule has 1 amide bonds. The Balaban J connectivity index is 1.44. The zero-order chi connectivity index (χ0) is 17.8. The Labute approximate surface area is 154 Å². The van der Waals surface area contributed by atoms with Gasteiger partial charge in [0.2, 0.25) is 0 Å². The number of hydrogen-bond donors (Lipinski definition) is 1. The fourth-order valence-corrected chi connectivity index (χ4v) is 3.72. The maximum absolute atomic E-state index is 12.7. The Morgan fingerprint density at radius 3 is 2.46 bits per heavy atom. The van der Waals surface area contributed by atoms with Crippen molar-refractivity contribution in [3.05, 3.63) is 47.8 Å². The van der Waals surface area contributed by atoms with Crippen molar-refractivity contribution >= 4 is 17.5 Å². The van der Waals surface area contributed by atoms with E-state index in [2.05, 4.69) is 31.2 Å². The van der Waals surface area contributed by atoms with Gasteiger partial charge in [0.15, 0.2) is 0 Å². The summed E-state index contributed by atoms with van der Waals surface area (Å²) in [6, 6.07) is 7.73. The average molecular weight is 351 g/mol. The Morgan fingerprint density at radius 1 is 0.962 bits per heavy atom. The first kappa shape index (κ1) is 16.8. The van der Waals surface area contributed by atoms with E-state index in [1.54, 1.807) is 6.20 Å². The molecule has 6 heteroatoms. The van der Waals surface area contributed by atoms with E-state index in [0.717, 1.165) is 56.2 Å². The summed E-state index contributed by atoms with van der Waals surface area (Å²) in [6.45, 7) is 4.58. The third-order valence-corrected chi connectivity index (χ3v) is 5.13. The molecule has 0 saturated carbocycles. The SMILES string of the molecule is O=C(NCc1ccnc(N2CCCC2)c1)c1cccnc1N1CCCC1. The summed E-state index contributed by atoms with van der Waals surface area (Å²) >= 11 is 0. The fourth-order valence-electron chi connectivity index (χ4n) is 3.72. The van der Waals surface area contributed by atoms with E-state index in [-0.39, 0.29) is 5.91 Å². The number of amides is 1. The van der Waals surface area contributed by atoms with E-state index in [1.807, 2.05) is 24.4 Å². The quantitative estimate of drug-likeness (QED) is 0.897. The number of pyridine rings is 2. The molecule has 4 rings (SSSR count). The molecule has 1 N–H and O–H groups in total. The highest BCUT2D eigenvalue weighted by Crippen LogP contribution is 2.22. The van der Waals surface area contributed by atoms with Crippen molar-refractivity contribution in [3.8, 4) is 0 Å². The highest BCUT2D eigenvalue weighted by Gasteiger charge is 2.20. The van der Waals surface area contributed by atoms with Crippen LogP contribution in [0.15, 0.2) is 36.7 Å². The van der Waals surface area contributed by atoms with Gasteiger partial charge in [-0.05, 0) is 55.5 Å². The molecular weight excluding hydrogens is 326 g/mol. The minimum atomic E-state index is -0.0699. The van der Waals surface area contributed by atoms with E-state index >= 15 is 0 Å². The molecule has 136 valence electrons.